The number of amides is 4. The molecule has 472 valence electrons. The van der Waals surface area contributed by atoms with Crippen LogP contribution in [0.5, 0.6) is 46.0 Å². The van der Waals surface area contributed by atoms with Crippen LogP contribution in [0.25, 0.3) is 0 Å². The normalized spacial score (nSPS) is 14.0. The lowest BCUT2D eigenvalue weighted by Crippen LogP contribution is -2.23. The molecule has 0 atom stereocenters. The number of benzene rings is 8. The molecule has 0 unspecified atom stereocenters. The minimum atomic E-state index is -0.562. The first kappa shape index (κ1) is 65.2. The van der Waals surface area contributed by atoms with Crippen molar-refractivity contribution in [3.05, 3.63) is 216 Å². The summed E-state index contributed by atoms with van der Waals surface area (Å²) in [6.07, 6.45) is 1.87. The maximum Gasteiger partial charge on any atom is 0.417 e. The van der Waals surface area contributed by atoms with Crippen molar-refractivity contribution in [2.24, 2.45) is 0 Å². The van der Waals surface area contributed by atoms with Crippen LogP contribution in [-0.4, -0.2) is 75.9 Å². The van der Waals surface area contributed by atoms with Crippen molar-refractivity contribution in [3.8, 4) is 46.0 Å². The Labute approximate surface area is 531 Å². The molecule has 4 amide bonds. The Morgan fingerprint density at radius 1 is 0.272 bits per heavy atom. The third kappa shape index (κ3) is 18.4. The predicted molar refractivity (Wildman–Crippen MR) is 344 cm³/mol. The van der Waals surface area contributed by atoms with Crippen LogP contribution in [-0.2, 0) is 19.2 Å². The number of ether oxygens (including phenoxy) is 8. The highest BCUT2D eigenvalue weighted by Crippen LogP contribution is 2.42. The van der Waals surface area contributed by atoms with Gasteiger partial charge in [0.1, 0.15) is 69.1 Å². The average molecular weight is 1250 g/mol. The average Bonchev–Trinajstić information content (AvgIpc) is 0.862. The van der Waals surface area contributed by atoms with Crippen LogP contribution in [0.2, 0.25) is 0 Å². The molecule has 20 heteroatoms. The molecule has 20 nitrogen and oxygen atoms in total. The van der Waals surface area contributed by atoms with E-state index in [0.717, 1.165) is 22.3 Å². The number of anilines is 4. The number of hydrogen-bond donors (Lipinski definition) is 4. The van der Waals surface area contributed by atoms with Gasteiger partial charge >= 0.3 is 24.4 Å². The van der Waals surface area contributed by atoms with Gasteiger partial charge in [0.15, 0.2) is 0 Å². The topological polar surface area (TPSA) is 259 Å². The molecule has 8 aromatic carbocycles. The molecule has 0 aliphatic heterocycles. The van der Waals surface area contributed by atoms with Crippen molar-refractivity contribution in [3.63, 3.8) is 0 Å². The first-order valence-corrected chi connectivity index (χ1v) is 29.6. The van der Waals surface area contributed by atoms with E-state index >= 15 is 0 Å². The molecular weight excluding hydrogens is 1180 g/mol. The Kier molecular flexibility index (Phi) is 22.5. The van der Waals surface area contributed by atoms with Crippen molar-refractivity contribution < 1.29 is 76.3 Å². The Morgan fingerprint density at radius 3 is 0.609 bits per heavy atom. The third-order valence-electron chi connectivity index (χ3n) is 15.4. The second-order valence-corrected chi connectivity index (χ2v) is 21.7. The van der Waals surface area contributed by atoms with Gasteiger partial charge in [-0.05, 0) is 144 Å². The quantitative estimate of drug-likeness (QED) is 0.0701. The Morgan fingerprint density at radius 2 is 0.446 bits per heavy atom. The van der Waals surface area contributed by atoms with Gasteiger partial charge in [-0.3, -0.25) is 40.4 Å². The van der Waals surface area contributed by atoms with Crippen molar-refractivity contribution in [2.75, 3.05) is 49.7 Å². The van der Waals surface area contributed by atoms with Gasteiger partial charge < -0.3 is 37.9 Å². The van der Waals surface area contributed by atoms with E-state index in [2.05, 4.69) is 21.3 Å². The summed E-state index contributed by atoms with van der Waals surface area (Å²) in [5.74, 6) is 6.39. The third-order valence-corrected chi connectivity index (χ3v) is 15.4. The van der Waals surface area contributed by atoms with Gasteiger partial charge in [0.25, 0.3) is 0 Å². The summed E-state index contributed by atoms with van der Waals surface area (Å²) in [7, 11) is 6.33. The summed E-state index contributed by atoms with van der Waals surface area (Å²) in [6.45, 7) is 0. The van der Waals surface area contributed by atoms with Crippen molar-refractivity contribution in [1.82, 2.24) is 0 Å². The molecule has 0 spiro atoms. The number of hydrogen-bond acceptors (Lipinski definition) is 16. The van der Waals surface area contributed by atoms with E-state index in [1.807, 2.05) is 48.5 Å². The lowest BCUT2D eigenvalue weighted by Gasteiger charge is -2.26. The van der Waals surface area contributed by atoms with Gasteiger partial charge in [0.05, 0.1) is 28.4 Å². The molecule has 4 aliphatic rings. The zero-order valence-corrected chi connectivity index (χ0v) is 51.0. The van der Waals surface area contributed by atoms with E-state index < -0.39 is 24.4 Å². The molecule has 0 saturated heterocycles. The largest absolute Gasteiger partial charge is 0.497 e. The van der Waals surface area contributed by atoms with Crippen LogP contribution >= 0.6 is 0 Å². The maximum atomic E-state index is 12.1. The number of carbonyl (C=O) groups excluding carboxylic acids is 8. The second kappa shape index (κ2) is 31.8. The van der Waals surface area contributed by atoms with E-state index in [9.17, 15) is 38.4 Å². The molecule has 0 radical (unpaired) electrons. The van der Waals surface area contributed by atoms with E-state index in [0.29, 0.717) is 120 Å². The molecule has 0 aromatic heterocycles. The number of methoxy groups -OCH3 is 4. The molecule has 0 bridgehead atoms. The number of rotatable bonds is 16. The number of carbonyl (C=O) groups is 8. The van der Waals surface area contributed by atoms with Crippen LogP contribution in [0.1, 0.15) is 97.3 Å². The molecule has 4 aliphatic carbocycles. The first-order valence-electron chi connectivity index (χ1n) is 29.6. The van der Waals surface area contributed by atoms with Crippen LogP contribution in [0.3, 0.4) is 0 Å². The fraction of sp³-hybridized carbons (Fsp3) is 0.222. The van der Waals surface area contributed by atoms with Crippen LogP contribution in [0.15, 0.2) is 194 Å². The predicted octanol–water partition coefficient (Wildman–Crippen LogP) is 15.0. The Hall–Kier alpha value is -11.3. The van der Waals surface area contributed by atoms with Crippen molar-refractivity contribution in [1.29, 1.82) is 0 Å². The Bertz CT molecular complexity index is 3370. The molecule has 0 heterocycles. The SMILES string of the molecule is COc1ccc(NC(=O)Oc2ccccc2C2CC(=O)C2)cc1.COc1ccc(NC(=O)Oc2ccccc2C2CC(=O)C2)cc1.COc1ccc(NC(=O)Oc2ccccc2C2CC(=O)C2)cc1.COc1ccc(NC(=O)Oc2ccccc2C2CC(=O)C2)cc1. The standard InChI is InChI=1S/4C18H17NO4/c4*1-22-15-8-6-13(7-9-15)19-18(21)23-17-5-3-2-4-16(17)12-10-14(20)11-12/h4*2-9,12H,10-11H2,1H3,(H,19,21). The molecule has 4 saturated carbocycles. The summed E-state index contributed by atoms with van der Waals surface area (Å²) in [5, 5.41) is 10.7. The summed E-state index contributed by atoms with van der Waals surface area (Å²) in [5.41, 5.74) is 6.07. The van der Waals surface area contributed by atoms with E-state index in [1.54, 1.807) is 174 Å². The zero-order valence-electron chi connectivity index (χ0n) is 51.0. The van der Waals surface area contributed by atoms with Crippen LogP contribution in [0, 0.1) is 0 Å². The monoisotopic (exact) mass is 1240 g/mol. The minimum Gasteiger partial charge on any atom is -0.497 e. The van der Waals surface area contributed by atoms with Crippen LogP contribution in [0.4, 0.5) is 41.9 Å². The molecule has 4 N–H and O–H groups in total. The highest BCUT2D eigenvalue weighted by Gasteiger charge is 2.34. The van der Waals surface area contributed by atoms with Gasteiger partial charge in [-0.2, -0.15) is 0 Å². The number of ketones is 4. The minimum absolute atomic E-state index is 0.146. The lowest BCUT2D eigenvalue weighted by atomic mass is 9.78. The van der Waals surface area contributed by atoms with Gasteiger partial charge in [0.2, 0.25) is 0 Å². The molecule has 4 fully saturated rings. The zero-order chi connectivity index (χ0) is 64.9. The number of nitrogens with one attached hydrogen (secondary N) is 4. The van der Waals surface area contributed by atoms with Gasteiger partial charge in [0, 0.05) is 97.8 Å². The highest BCUT2D eigenvalue weighted by molar-refractivity contribution is 5.92. The van der Waals surface area contributed by atoms with Gasteiger partial charge in [-0.25, -0.2) is 19.2 Å². The van der Waals surface area contributed by atoms with E-state index in [1.165, 1.54) is 0 Å². The van der Waals surface area contributed by atoms with Crippen molar-refractivity contribution in [2.45, 2.75) is 75.0 Å². The van der Waals surface area contributed by atoms with Gasteiger partial charge in [-0.1, -0.05) is 72.8 Å². The van der Waals surface area contributed by atoms with Gasteiger partial charge in [-0.15, -0.1) is 0 Å². The van der Waals surface area contributed by atoms with Crippen LogP contribution < -0.4 is 59.2 Å². The molecule has 92 heavy (non-hydrogen) atoms. The summed E-state index contributed by atoms with van der Waals surface area (Å²) < 4.78 is 41.9. The first-order chi connectivity index (χ1) is 44.6. The maximum absolute atomic E-state index is 12.1. The van der Waals surface area contributed by atoms with Crippen molar-refractivity contribution >= 4 is 70.3 Å². The fourth-order valence-electron chi connectivity index (χ4n) is 10.2. The number of Topliss-reactive ketones (excluding diaryl/α,β-unsaturated/α-hetero) is 4. The van der Waals surface area contributed by atoms with E-state index in [-0.39, 0.29) is 46.8 Å². The smallest absolute Gasteiger partial charge is 0.417 e. The second-order valence-electron chi connectivity index (χ2n) is 21.7. The lowest BCUT2D eigenvalue weighted by molar-refractivity contribution is -0.125. The highest BCUT2D eigenvalue weighted by atomic mass is 16.6. The summed E-state index contributed by atoms with van der Waals surface area (Å²) in [6, 6.07) is 57.2. The molecule has 8 aromatic rings. The van der Waals surface area contributed by atoms with E-state index in [4.69, 9.17) is 37.9 Å². The fourth-order valence-corrected chi connectivity index (χ4v) is 10.2. The molecular formula is C72H68N4O16. The summed E-state index contributed by atoms with van der Waals surface area (Å²) in [4.78, 5) is 92.9. The summed E-state index contributed by atoms with van der Waals surface area (Å²) >= 11 is 0. The Balaban J connectivity index is 0.000000145. The molecule has 12 rings (SSSR count). The number of para-hydroxylation sites is 4.